The Morgan fingerprint density at radius 2 is 1.90 bits per heavy atom. The van der Waals surface area contributed by atoms with Crippen molar-refractivity contribution in [3.63, 3.8) is 0 Å². The van der Waals surface area contributed by atoms with Crippen LogP contribution in [0.15, 0.2) is 36.4 Å². The van der Waals surface area contributed by atoms with Gasteiger partial charge in [-0.1, -0.05) is 30.3 Å². The minimum absolute atomic E-state index is 0.0473. The fraction of sp³-hybridized carbons (Fsp3) is 0.478. The van der Waals surface area contributed by atoms with Crippen molar-refractivity contribution in [2.45, 2.75) is 58.7 Å². The molecular formula is C23H30N4OS. The van der Waals surface area contributed by atoms with Crippen molar-refractivity contribution < 1.29 is 4.79 Å². The van der Waals surface area contributed by atoms with Crippen LogP contribution in [-0.4, -0.2) is 45.3 Å². The first-order valence-corrected chi connectivity index (χ1v) is 11.2. The average molecular weight is 411 g/mol. The normalized spacial score (nSPS) is 16.4. The second-order valence-electron chi connectivity index (χ2n) is 8.96. The summed E-state index contributed by atoms with van der Waals surface area (Å²) in [5.41, 5.74) is 2.38. The fourth-order valence-corrected chi connectivity index (χ4v) is 5.10. The number of benzene rings is 1. The Labute approximate surface area is 176 Å². The number of piperidine rings is 1. The summed E-state index contributed by atoms with van der Waals surface area (Å²) in [6.45, 7) is 11.6. The molecule has 0 spiro atoms. The van der Waals surface area contributed by atoms with Gasteiger partial charge in [-0.25, -0.2) is 0 Å². The van der Waals surface area contributed by atoms with Crippen LogP contribution in [0.4, 0.5) is 0 Å². The molecule has 1 N–H and O–H groups in total. The van der Waals surface area contributed by atoms with Gasteiger partial charge in [0.05, 0.1) is 17.1 Å². The number of aromatic nitrogens is 2. The van der Waals surface area contributed by atoms with E-state index < -0.39 is 0 Å². The molecule has 0 atom stereocenters. The number of nitrogens with zero attached hydrogens (tertiary/aromatic N) is 3. The molecule has 1 saturated heterocycles. The number of carbonyl (C=O) groups excluding carboxylic acids is 1. The largest absolute Gasteiger partial charge is 0.349 e. The smallest absolute Gasteiger partial charge is 0.261 e. The van der Waals surface area contributed by atoms with Crippen LogP contribution in [0.3, 0.4) is 0 Å². The molecule has 0 bridgehead atoms. The van der Waals surface area contributed by atoms with Crippen molar-refractivity contribution in [3.05, 3.63) is 52.5 Å². The Balaban J connectivity index is 1.46. The molecule has 1 aromatic carbocycles. The Morgan fingerprint density at radius 1 is 1.21 bits per heavy atom. The highest BCUT2D eigenvalue weighted by Gasteiger charge is 2.28. The molecule has 1 aliphatic rings. The van der Waals surface area contributed by atoms with Crippen LogP contribution >= 0.6 is 11.3 Å². The number of aryl methyl sites for hydroxylation is 1. The molecule has 2 aromatic heterocycles. The van der Waals surface area contributed by atoms with E-state index in [0.29, 0.717) is 0 Å². The lowest BCUT2D eigenvalue weighted by atomic mass is 9.98. The maximum atomic E-state index is 12.9. The number of likely N-dealkylation sites (tertiary alicyclic amines) is 1. The van der Waals surface area contributed by atoms with E-state index in [4.69, 9.17) is 0 Å². The molecule has 3 aromatic rings. The molecule has 154 valence electrons. The van der Waals surface area contributed by atoms with Gasteiger partial charge in [-0.2, -0.15) is 5.10 Å². The van der Waals surface area contributed by atoms with Gasteiger partial charge in [-0.3, -0.25) is 14.4 Å². The van der Waals surface area contributed by atoms with Crippen LogP contribution in [0.1, 0.15) is 54.5 Å². The predicted octanol–water partition coefficient (Wildman–Crippen LogP) is 4.45. The molecular weight excluding hydrogens is 380 g/mol. The van der Waals surface area contributed by atoms with Crippen LogP contribution in [0.5, 0.6) is 0 Å². The van der Waals surface area contributed by atoms with E-state index in [-0.39, 0.29) is 17.5 Å². The first-order valence-electron chi connectivity index (χ1n) is 10.4. The number of nitrogens with one attached hydrogen (secondary N) is 1. The lowest BCUT2D eigenvalue weighted by Crippen LogP contribution is -2.50. The van der Waals surface area contributed by atoms with Crippen molar-refractivity contribution in [2.75, 3.05) is 13.1 Å². The summed E-state index contributed by atoms with van der Waals surface area (Å²) in [6.07, 6.45) is 2.02. The molecule has 0 saturated carbocycles. The summed E-state index contributed by atoms with van der Waals surface area (Å²) in [5.74, 6) is 0.0473. The second-order valence-corrected chi connectivity index (χ2v) is 9.99. The summed E-state index contributed by atoms with van der Waals surface area (Å²) in [7, 11) is 0. The first-order chi connectivity index (χ1) is 13.8. The van der Waals surface area contributed by atoms with Crippen molar-refractivity contribution in [1.82, 2.24) is 20.0 Å². The van der Waals surface area contributed by atoms with E-state index >= 15 is 0 Å². The van der Waals surface area contributed by atoms with Gasteiger partial charge in [-0.05, 0) is 52.2 Å². The number of rotatable bonds is 4. The van der Waals surface area contributed by atoms with E-state index in [0.717, 1.165) is 53.3 Å². The summed E-state index contributed by atoms with van der Waals surface area (Å²) in [5, 5.41) is 9.03. The summed E-state index contributed by atoms with van der Waals surface area (Å²) < 4.78 is 2.02. The number of hydrogen-bond donors (Lipinski definition) is 1. The zero-order valence-corrected chi connectivity index (χ0v) is 18.6. The van der Waals surface area contributed by atoms with Gasteiger partial charge >= 0.3 is 0 Å². The summed E-state index contributed by atoms with van der Waals surface area (Å²) in [4.78, 5) is 17.2. The third-order valence-electron chi connectivity index (χ3n) is 5.79. The van der Waals surface area contributed by atoms with E-state index in [2.05, 4.69) is 48.2 Å². The maximum absolute atomic E-state index is 12.9. The predicted molar refractivity (Wildman–Crippen MR) is 120 cm³/mol. The Morgan fingerprint density at radius 3 is 2.55 bits per heavy atom. The Kier molecular flexibility index (Phi) is 5.49. The fourth-order valence-electron chi connectivity index (χ4n) is 4.04. The summed E-state index contributed by atoms with van der Waals surface area (Å²) in [6, 6.07) is 12.6. The van der Waals surface area contributed by atoms with Crippen LogP contribution in [0.2, 0.25) is 0 Å². The van der Waals surface area contributed by atoms with Crippen LogP contribution in [0.25, 0.3) is 10.2 Å². The SMILES string of the molecule is Cc1nn(Cc2ccccc2)c2sc(C(=O)NC3CCN(C(C)(C)C)CC3)cc12. The lowest BCUT2D eigenvalue weighted by molar-refractivity contribution is 0.0815. The number of amides is 1. The molecule has 6 heteroatoms. The van der Waals surface area contributed by atoms with Crippen molar-refractivity contribution in [3.8, 4) is 0 Å². The van der Waals surface area contributed by atoms with Crippen molar-refractivity contribution >= 4 is 27.5 Å². The molecule has 29 heavy (non-hydrogen) atoms. The van der Waals surface area contributed by atoms with Gasteiger partial charge in [0.15, 0.2) is 0 Å². The van der Waals surface area contributed by atoms with Gasteiger partial charge in [0.1, 0.15) is 4.83 Å². The monoisotopic (exact) mass is 410 g/mol. The molecule has 1 aliphatic heterocycles. The minimum Gasteiger partial charge on any atom is -0.349 e. The summed E-state index contributed by atoms with van der Waals surface area (Å²) >= 11 is 1.54. The lowest BCUT2D eigenvalue weighted by Gasteiger charge is -2.41. The molecule has 0 aliphatic carbocycles. The standard InChI is InChI=1S/C23H30N4OS/c1-16-19-14-20(21(28)24-18-10-12-26(13-11-18)23(2,3)4)29-22(19)27(25-16)15-17-8-6-5-7-9-17/h5-9,14,18H,10-13,15H2,1-4H3,(H,24,28). The zero-order chi connectivity index (χ0) is 20.6. The molecule has 1 fully saturated rings. The minimum atomic E-state index is 0.0473. The molecule has 4 rings (SSSR count). The van der Waals surface area contributed by atoms with Gasteiger partial charge in [0.2, 0.25) is 0 Å². The highest BCUT2D eigenvalue weighted by atomic mass is 32.1. The Bertz CT molecular complexity index is 991. The average Bonchev–Trinajstić information content (AvgIpc) is 3.24. The van der Waals surface area contributed by atoms with E-state index in [1.54, 1.807) is 11.3 Å². The zero-order valence-electron chi connectivity index (χ0n) is 17.7. The van der Waals surface area contributed by atoms with Gasteiger partial charge in [-0.15, -0.1) is 11.3 Å². The van der Waals surface area contributed by atoms with E-state index in [1.165, 1.54) is 5.56 Å². The van der Waals surface area contributed by atoms with Crippen LogP contribution < -0.4 is 5.32 Å². The number of carbonyl (C=O) groups is 1. The molecule has 0 unspecified atom stereocenters. The molecule has 5 nitrogen and oxygen atoms in total. The topological polar surface area (TPSA) is 50.2 Å². The number of hydrogen-bond acceptors (Lipinski definition) is 4. The number of thiophene rings is 1. The highest BCUT2D eigenvalue weighted by molar-refractivity contribution is 7.20. The third-order valence-corrected chi connectivity index (χ3v) is 6.93. The van der Waals surface area contributed by atoms with Gasteiger partial charge in [0, 0.05) is 30.1 Å². The highest BCUT2D eigenvalue weighted by Crippen LogP contribution is 2.29. The van der Waals surface area contributed by atoms with Crippen LogP contribution in [0, 0.1) is 6.92 Å². The third kappa shape index (κ3) is 4.38. The molecule has 3 heterocycles. The number of fused-ring (bicyclic) bond motifs is 1. The van der Waals surface area contributed by atoms with E-state index in [1.807, 2.05) is 35.9 Å². The van der Waals surface area contributed by atoms with Crippen molar-refractivity contribution in [1.29, 1.82) is 0 Å². The maximum Gasteiger partial charge on any atom is 0.261 e. The first kappa shape index (κ1) is 20.1. The van der Waals surface area contributed by atoms with Gasteiger partial charge < -0.3 is 5.32 Å². The second kappa shape index (κ2) is 7.92. The van der Waals surface area contributed by atoms with Crippen LogP contribution in [-0.2, 0) is 6.54 Å². The van der Waals surface area contributed by atoms with E-state index in [9.17, 15) is 4.79 Å². The quantitative estimate of drug-likeness (QED) is 0.691. The molecule has 1 amide bonds. The molecule has 0 radical (unpaired) electrons. The van der Waals surface area contributed by atoms with Crippen molar-refractivity contribution in [2.24, 2.45) is 0 Å². The Hall–Kier alpha value is -2.18. The van der Waals surface area contributed by atoms with Gasteiger partial charge in [0.25, 0.3) is 5.91 Å².